The number of halogens is 5. The number of nitrogens with zero attached hydrogens (tertiary/aromatic N) is 2. The van der Waals surface area contributed by atoms with Crippen molar-refractivity contribution in [3.63, 3.8) is 0 Å². The smallest absolute Gasteiger partial charge is 0.121 e. The van der Waals surface area contributed by atoms with Gasteiger partial charge in [0.2, 0.25) is 0 Å². The molecule has 7 heteroatoms. The predicted molar refractivity (Wildman–Crippen MR) is 160 cm³/mol. The summed E-state index contributed by atoms with van der Waals surface area (Å²) in [5.74, 6) is 0. The van der Waals surface area contributed by atoms with Crippen molar-refractivity contribution < 1.29 is 0 Å². The summed E-state index contributed by atoms with van der Waals surface area (Å²) >= 11 is 11.7. The zero-order chi connectivity index (χ0) is 20.9. The minimum atomic E-state index is 0.410. The molecule has 0 saturated carbocycles. The topological polar surface area (TPSA) is 25.8 Å². The van der Waals surface area contributed by atoms with Gasteiger partial charge in [-0.05, 0) is 83.4 Å². The van der Waals surface area contributed by atoms with Gasteiger partial charge in [0, 0.05) is 23.8 Å². The second kappa shape index (κ2) is 16.7. The van der Waals surface area contributed by atoms with Gasteiger partial charge in [-0.25, -0.2) is 0 Å². The zero-order valence-electron chi connectivity index (χ0n) is 16.2. The van der Waals surface area contributed by atoms with Crippen molar-refractivity contribution in [1.29, 1.82) is 0 Å². The molecule has 26 heavy (non-hydrogen) atoms. The molecule has 0 atom stereocenters. The van der Waals surface area contributed by atoms with Crippen LogP contribution in [0.3, 0.4) is 0 Å². The molecule has 0 aliphatic carbocycles. The number of rotatable bonds is 0. The van der Waals surface area contributed by atoms with Gasteiger partial charge in [-0.2, -0.15) is 0 Å². The maximum Gasteiger partial charge on any atom is 0.121 e. The Labute approximate surface area is 228 Å². The van der Waals surface area contributed by atoms with Crippen LogP contribution < -0.4 is 0 Å². The Morgan fingerprint density at radius 3 is 1.58 bits per heavy atom. The highest BCUT2D eigenvalue weighted by Gasteiger charge is 2.04. The molecule has 2 aromatic rings. The van der Waals surface area contributed by atoms with E-state index in [1.54, 1.807) is 0 Å². The van der Waals surface area contributed by atoms with Crippen molar-refractivity contribution in [2.24, 2.45) is 0 Å². The van der Waals surface area contributed by atoms with Crippen LogP contribution in [0, 0.1) is 34.6 Å². The van der Waals surface area contributed by atoms with E-state index in [1.807, 2.05) is 38.4 Å². The Morgan fingerprint density at radius 2 is 1.31 bits per heavy atom. The van der Waals surface area contributed by atoms with E-state index in [2.05, 4.69) is 164 Å². The molecule has 0 fully saturated rings. The van der Waals surface area contributed by atoms with Gasteiger partial charge in [-0.15, -0.1) is 0 Å². The maximum absolute atomic E-state index is 4.14. The van der Waals surface area contributed by atoms with Crippen molar-refractivity contribution in [1.82, 2.24) is 9.97 Å². The molecule has 0 amide bonds. The van der Waals surface area contributed by atoms with Gasteiger partial charge in [-0.1, -0.05) is 113 Å². The van der Waals surface area contributed by atoms with Crippen LogP contribution in [0.2, 0.25) is 0 Å². The summed E-state index contributed by atoms with van der Waals surface area (Å²) in [6.45, 7) is 14.6. The molecule has 0 saturated heterocycles. The molecule has 0 bridgehead atoms. The van der Waals surface area contributed by atoms with Crippen LogP contribution in [0.25, 0.3) is 0 Å². The summed E-state index contributed by atoms with van der Waals surface area (Å²) in [6, 6.07) is 6.08. The average molecular weight is 918 g/mol. The molecule has 0 aliphatic heterocycles. The van der Waals surface area contributed by atoms with E-state index in [-0.39, 0.29) is 0 Å². The van der Waals surface area contributed by atoms with Gasteiger partial charge >= 0.3 is 0 Å². The van der Waals surface area contributed by atoms with E-state index in [1.165, 1.54) is 16.7 Å². The first-order chi connectivity index (χ1) is 11.7. The summed E-state index contributed by atoms with van der Waals surface area (Å²) in [4.78, 5) is 8.18. The molecular formula is C19H27I5N2. The SMILES string of the molecule is CC(I)(I)I.CC(I)I.Cc1ccnc(C)c1.Cc1ccnc(C)c1C. The van der Waals surface area contributed by atoms with Crippen molar-refractivity contribution in [2.75, 3.05) is 0 Å². The fraction of sp³-hybridized carbons (Fsp3) is 0.474. The molecule has 2 aromatic heterocycles. The average Bonchev–Trinajstić information content (AvgIpc) is 2.42. The minimum Gasteiger partial charge on any atom is -0.262 e. The summed E-state index contributed by atoms with van der Waals surface area (Å²) in [7, 11) is 0. The number of alkyl halides is 5. The van der Waals surface area contributed by atoms with Gasteiger partial charge in [0.25, 0.3) is 0 Å². The van der Waals surface area contributed by atoms with Gasteiger partial charge in [0.1, 0.15) is -0.565 Å². The molecule has 0 aliphatic rings. The summed E-state index contributed by atoms with van der Waals surface area (Å²) in [5.41, 5.74) is 6.12. The van der Waals surface area contributed by atoms with Crippen LogP contribution >= 0.6 is 113 Å². The molecule has 0 radical (unpaired) electrons. The Morgan fingerprint density at radius 1 is 0.885 bits per heavy atom. The van der Waals surface area contributed by atoms with Crippen molar-refractivity contribution in [3.05, 3.63) is 58.7 Å². The van der Waals surface area contributed by atoms with Crippen LogP contribution in [-0.4, -0.2) is 11.3 Å². The first-order valence-electron chi connectivity index (χ1n) is 7.87. The van der Waals surface area contributed by atoms with Gasteiger partial charge in [0.15, 0.2) is 0 Å². The first kappa shape index (κ1) is 30.1. The third-order valence-corrected chi connectivity index (χ3v) is 2.78. The van der Waals surface area contributed by atoms with Gasteiger partial charge in [0.05, 0.1) is 1.93 Å². The quantitative estimate of drug-likeness (QED) is 0.195. The highest BCUT2D eigenvalue weighted by Crippen LogP contribution is 2.33. The predicted octanol–water partition coefficient (Wildman–Crippen LogP) is 8.87. The number of aromatic nitrogens is 2. The Bertz CT molecular complexity index is 579. The van der Waals surface area contributed by atoms with Gasteiger partial charge in [-0.3, -0.25) is 9.97 Å². The minimum absolute atomic E-state index is 0.410. The number of aryl methyl sites for hydroxylation is 4. The maximum atomic E-state index is 4.14. The van der Waals surface area contributed by atoms with E-state index in [9.17, 15) is 0 Å². The zero-order valence-corrected chi connectivity index (χ0v) is 27.0. The van der Waals surface area contributed by atoms with Crippen LogP contribution in [0.15, 0.2) is 30.6 Å². The van der Waals surface area contributed by atoms with Crippen LogP contribution in [0.4, 0.5) is 0 Å². The summed E-state index contributed by atoms with van der Waals surface area (Å²) in [5, 5.41) is 0. The normalized spacial score (nSPS) is 9.88. The molecule has 2 heterocycles. The highest BCUT2D eigenvalue weighted by atomic mass is 127. The van der Waals surface area contributed by atoms with E-state index in [0.717, 1.165) is 13.3 Å². The standard InChI is InChI=1S/C8H11N.C7H9N.C2H3I3.C2H4I2/c1-6-4-5-9-8(3)7(6)2;1-6-3-4-8-7(2)5-6;1-2(3,4)5;1-2(3)4/h4-5H,1-3H3;3-5H,1-2H3;1H3;2H,1H3. The number of hydrogen-bond acceptors (Lipinski definition) is 2. The van der Waals surface area contributed by atoms with Crippen LogP contribution in [0.5, 0.6) is 0 Å². The molecule has 148 valence electrons. The Hall–Kier alpha value is 1.95. The fourth-order valence-corrected chi connectivity index (χ4v) is 1.46. The molecule has 0 spiro atoms. The van der Waals surface area contributed by atoms with Crippen molar-refractivity contribution >= 4 is 113 Å². The first-order valence-corrected chi connectivity index (χ1v) is 13.6. The molecule has 2 nitrogen and oxygen atoms in total. The van der Waals surface area contributed by atoms with Crippen LogP contribution in [-0.2, 0) is 0 Å². The highest BCUT2D eigenvalue weighted by molar-refractivity contribution is 14.3. The van der Waals surface area contributed by atoms with E-state index >= 15 is 0 Å². The molecule has 2 rings (SSSR count). The molecule has 0 unspecified atom stereocenters. The van der Waals surface area contributed by atoms with E-state index < -0.39 is 0 Å². The van der Waals surface area contributed by atoms with E-state index in [4.69, 9.17) is 0 Å². The Kier molecular flexibility index (Phi) is 19.4. The van der Waals surface area contributed by atoms with Gasteiger partial charge < -0.3 is 0 Å². The fourth-order valence-electron chi connectivity index (χ4n) is 1.46. The number of hydrogen-bond donors (Lipinski definition) is 0. The third-order valence-electron chi connectivity index (χ3n) is 2.78. The lowest BCUT2D eigenvalue weighted by Crippen LogP contribution is -1.87. The molecule has 0 aromatic carbocycles. The third kappa shape index (κ3) is 24.0. The lowest BCUT2D eigenvalue weighted by atomic mass is 10.1. The lowest BCUT2D eigenvalue weighted by molar-refractivity contribution is 1.12. The number of pyridine rings is 2. The summed E-state index contributed by atoms with van der Waals surface area (Å²) in [6.07, 6.45) is 3.67. The largest absolute Gasteiger partial charge is 0.262 e. The second-order valence-corrected chi connectivity index (χ2v) is 24.4. The van der Waals surface area contributed by atoms with Crippen LogP contribution in [0.1, 0.15) is 41.9 Å². The van der Waals surface area contributed by atoms with Crippen molar-refractivity contribution in [3.8, 4) is 0 Å². The van der Waals surface area contributed by atoms with Crippen molar-refractivity contribution in [2.45, 2.75) is 49.8 Å². The Balaban J connectivity index is 0. The molecule has 0 N–H and O–H groups in total. The van der Waals surface area contributed by atoms with E-state index in [0.29, 0.717) is -0.565 Å². The monoisotopic (exact) mass is 918 g/mol. The summed E-state index contributed by atoms with van der Waals surface area (Å²) < 4.78 is 1.18. The molecular weight excluding hydrogens is 891 g/mol. The lowest BCUT2D eigenvalue weighted by Gasteiger charge is -1.99. The second-order valence-electron chi connectivity index (χ2n) is 5.61.